The van der Waals surface area contributed by atoms with E-state index in [2.05, 4.69) is 4.98 Å². The topological polar surface area (TPSA) is 100.0 Å². The molecule has 0 radical (unpaired) electrons. The van der Waals surface area contributed by atoms with Gasteiger partial charge in [-0.25, -0.2) is 4.98 Å². The molecule has 1 amide bonds. The maximum Gasteiger partial charge on any atom is 0.301 e. The second-order valence-electron chi connectivity index (χ2n) is 8.74. The lowest BCUT2D eigenvalue weighted by molar-refractivity contribution is -0.132. The molecule has 0 aliphatic carbocycles. The lowest BCUT2D eigenvalue weighted by Crippen LogP contribution is -2.29. The van der Waals surface area contributed by atoms with Crippen LogP contribution in [0, 0.1) is 13.8 Å². The maximum atomic E-state index is 13.5. The van der Waals surface area contributed by atoms with Crippen LogP contribution >= 0.6 is 22.9 Å². The molecule has 188 valence electrons. The zero-order valence-electron chi connectivity index (χ0n) is 20.3. The summed E-state index contributed by atoms with van der Waals surface area (Å²) in [7, 11) is 0. The minimum Gasteiger partial charge on any atom is -0.508 e. The molecular weight excluding hydrogens is 512 g/mol. The highest BCUT2D eigenvalue weighted by Crippen LogP contribution is 2.45. The molecule has 1 atom stereocenters. The first-order valence-electron chi connectivity index (χ1n) is 11.6. The number of aliphatic hydroxyl groups excluding tert-OH is 1. The molecule has 1 aliphatic rings. The monoisotopic (exact) mass is 534 g/mol. The van der Waals surface area contributed by atoms with Gasteiger partial charge < -0.3 is 14.9 Å². The average molecular weight is 535 g/mol. The Labute approximate surface area is 222 Å². The number of fused-ring (bicyclic) bond motifs is 1. The molecule has 0 saturated carbocycles. The van der Waals surface area contributed by atoms with Crippen molar-refractivity contribution in [1.29, 1.82) is 0 Å². The zero-order valence-corrected chi connectivity index (χ0v) is 21.9. The van der Waals surface area contributed by atoms with Gasteiger partial charge >= 0.3 is 5.91 Å². The molecule has 1 aromatic heterocycles. The molecule has 0 spiro atoms. The van der Waals surface area contributed by atoms with Crippen LogP contribution in [0.3, 0.4) is 0 Å². The van der Waals surface area contributed by atoms with Crippen LogP contribution in [-0.4, -0.2) is 33.5 Å². The van der Waals surface area contributed by atoms with Gasteiger partial charge in [0, 0.05) is 5.56 Å². The fraction of sp³-hybridized carbons (Fsp3) is 0.179. The van der Waals surface area contributed by atoms with E-state index in [1.54, 1.807) is 24.3 Å². The molecule has 37 heavy (non-hydrogen) atoms. The van der Waals surface area contributed by atoms with Crippen molar-refractivity contribution in [2.75, 3.05) is 11.5 Å². The smallest absolute Gasteiger partial charge is 0.301 e. The van der Waals surface area contributed by atoms with Crippen molar-refractivity contribution in [2.24, 2.45) is 0 Å². The van der Waals surface area contributed by atoms with Gasteiger partial charge in [0.05, 0.1) is 33.5 Å². The number of ether oxygens (including phenoxy) is 1. The van der Waals surface area contributed by atoms with E-state index >= 15 is 0 Å². The number of aryl methyl sites for hydroxylation is 2. The van der Waals surface area contributed by atoms with Crippen molar-refractivity contribution in [3.05, 3.63) is 87.4 Å². The SMILES string of the molecule is CCOc1ccc(Cl)c(/C(O)=C2\C(=O)C(=O)N(c3nc4cc(C)c(C)cc4s3)C2c2ccc(O)cc2)c1. The number of nitrogens with zero attached hydrogens (tertiary/aromatic N) is 2. The average Bonchev–Trinajstić information content (AvgIpc) is 3.38. The van der Waals surface area contributed by atoms with Crippen LogP contribution in [0.5, 0.6) is 11.5 Å². The zero-order chi connectivity index (χ0) is 26.4. The highest BCUT2D eigenvalue weighted by atomic mass is 35.5. The van der Waals surface area contributed by atoms with Gasteiger partial charge in [0.2, 0.25) is 0 Å². The Morgan fingerprint density at radius 3 is 2.49 bits per heavy atom. The number of aliphatic hydroxyl groups is 1. The normalized spacial score (nSPS) is 17.1. The maximum absolute atomic E-state index is 13.5. The highest BCUT2D eigenvalue weighted by Gasteiger charge is 2.48. The number of phenolic OH excluding ortho intramolecular Hbond substituents is 1. The van der Waals surface area contributed by atoms with E-state index in [0.29, 0.717) is 28.6 Å². The quantitative estimate of drug-likeness (QED) is 0.177. The van der Waals surface area contributed by atoms with E-state index in [9.17, 15) is 19.8 Å². The number of phenols is 1. The van der Waals surface area contributed by atoms with E-state index in [-0.39, 0.29) is 21.9 Å². The first-order chi connectivity index (χ1) is 17.7. The predicted octanol–water partition coefficient (Wildman–Crippen LogP) is 6.30. The minimum absolute atomic E-state index is 0.0269. The van der Waals surface area contributed by atoms with Crippen molar-refractivity contribution < 1.29 is 24.5 Å². The van der Waals surface area contributed by atoms with Gasteiger partial charge in [-0.2, -0.15) is 0 Å². The third-order valence-electron chi connectivity index (χ3n) is 6.36. The minimum atomic E-state index is -0.991. The molecule has 1 fully saturated rings. The Kier molecular flexibility index (Phi) is 6.39. The number of ketones is 1. The van der Waals surface area contributed by atoms with Crippen LogP contribution in [0.1, 0.15) is 35.2 Å². The Bertz CT molecular complexity index is 1550. The summed E-state index contributed by atoms with van der Waals surface area (Å²) < 4.78 is 6.41. The summed E-state index contributed by atoms with van der Waals surface area (Å²) >= 11 is 7.69. The number of carbonyl (C=O) groups excluding carboxylic acids is 2. The number of rotatable bonds is 5. The van der Waals surface area contributed by atoms with E-state index in [4.69, 9.17) is 16.3 Å². The van der Waals surface area contributed by atoms with Gasteiger partial charge in [-0.1, -0.05) is 35.1 Å². The number of hydrogen-bond donors (Lipinski definition) is 2. The van der Waals surface area contributed by atoms with Crippen molar-refractivity contribution in [3.63, 3.8) is 0 Å². The lowest BCUT2D eigenvalue weighted by Gasteiger charge is -2.23. The fourth-order valence-electron chi connectivity index (χ4n) is 4.36. The number of hydrogen-bond acceptors (Lipinski definition) is 7. The predicted molar refractivity (Wildman–Crippen MR) is 145 cm³/mol. The number of benzene rings is 3. The van der Waals surface area contributed by atoms with Crippen LogP contribution in [0.4, 0.5) is 5.13 Å². The van der Waals surface area contributed by atoms with Crippen LogP contribution < -0.4 is 9.64 Å². The number of aromatic hydroxyl groups is 1. The molecule has 1 saturated heterocycles. The van der Waals surface area contributed by atoms with Crippen LogP contribution in [0.15, 0.2) is 60.2 Å². The van der Waals surface area contributed by atoms with Gasteiger partial charge in [0.25, 0.3) is 5.78 Å². The second-order valence-corrected chi connectivity index (χ2v) is 10.2. The molecule has 3 aromatic carbocycles. The number of amides is 1. The van der Waals surface area contributed by atoms with E-state index in [1.165, 1.54) is 34.4 Å². The molecule has 7 nitrogen and oxygen atoms in total. The number of thiazole rings is 1. The standard InChI is InChI=1S/C28H23ClN2O5S/c1-4-36-18-9-10-20(29)19(13-18)25(33)23-24(16-5-7-17(32)8-6-16)31(27(35)26(23)34)28-30-21-11-14(2)15(3)12-22(21)37-28/h5-13,24,32-33H,4H2,1-3H3/b25-23+. The van der Waals surface area contributed by atoms with Crippen molar-refractivity contribution in [3.8, 4) is 11.5 Å². The summed E-state index contributed by atoms with van der Waals surface area (Å²) in [6.07, 6.45) is 0. The molecule has 5 rings (SSSR count). The van der Waals surface area contributed by atoms with Crippen molar-refractivity contribution in [2.45, 2.75) is 26.8 Å². The van der Waals surface area contributed by atoms with Gasteiger partial charge in [-0.3, -0.25) is 14.5 Å². The molecule has 1 unspecified atom stereocenters. The summed E-state index contributed by atoms with van der Waals surface area (Å²) in [5.41, 5.74) is 3.42. The summed E-state index contributed by atoms with van der Waals surface area (Å²) in [6, 6.07) is 13.8. The first kappa shape index (κ1) is 24.8. The number of anilines is 1. The molecule has 4 aromatic rings. The van der Waals surface area contributed by atoms with Gasteiger partial charge in [-0.15, -0.1) is 0 Å². The van der Waals surface area contributed by atoms with Crippen molar-refractivity contribution >= 4 is 55.7 Å². The number of halogens is 1. The Morgan fingerprint density at radius 2 is 1.78 bits per heavy atom. The Morgan fingerprint density at radius 1 is 1.08 bits per heavy atom. The van der Waals surface area contributed by atoms with Crippen LogP contribution in [0.2, 0.25) is 5.02 Å². The molecular formula is C28H23ClN2O5S. The fourth-order valence-corrected chi connectivity index (χ4v) is 5.64. The van der Waals surface area contributed by atoms with Crippen LogP contribution in [0.25, 0.3) is 16.0 Å². The van der Waals surface area contributed by atoms with E-state index in [1.807, 2.05) is 32.9 Å². The molecule has 0 bridgehead atoms. The number of Topliss-reactive ketones (excluding diaryl/α,β-unsaturated/α-hetero) is 1. The number of aromatic nitrogens is 1. The molecule has 2 N–H and O–H groups in total. The van der Waals surface area contributed by atoms with Gasteiger partial charge in [0.1, 0.15) is 17.3 Å². The molecule has 1 aliphatic heterocycles. The van der Waals surface area contributed by atoms with Crippen LogP contribution in [-0.2, 0) is 9.59 Å². The summed E-state index contributed by atoms with van der Waals surface area (Å²) in [4.78, 5) is 32.9. The Balaban J connectivity index is 1.73. The molecule has 9 heteroatoms. The van der Waals surface area contributed by atoms with E-state index < -0.39 is 23.5 Å². The van der Waals surface area contributed by atoms with Gasteiger partial charge in [-0.05, 0) is 79.9 Å². The highest BCUT2D eigenvalue weighted by molar-refractivity contribution is 7.22. The third kappa shape index (κ3) is 4.32. The Hall–Kier alpha value is -3.88. The largest absolute Gasteiger partial charge is 0.508 e. The second kappa shape index (κ2) is 9.53. The van der Waals surface area contributed by atoms with E-state index in [0.717, 1.165) is 15.8 Å². The third-order valence-corrected chi connectivity index (χ3v) is 7.70. The van der Waals surface area contributed by atoms with Gasteiger partial charge in [0.15, 0.2) is 5.13 Å². The molecule has 2 heterocycles. The summed E-state index contributed by atoms with van der Waals surface area (Å²) in [5.74, 6) is -1.61. The number of carbonyl (C=O) groups is 2. The summed E-state index contributed by atoms with van der Waals surface area (Å²) in [6.45, 7) is 6.20. The van der Waals surface area contributed by atoms with Crippen molar-refractivity contribution in [1.82, 2.24) is 4.98 Å². The summed E-state index contributed by atoms with van der Waals surface area (Å²) in [5, 5.41) is 21.8. The lowest BCUT2D eigenvalue weighted by atomic mass is 9.95. The first-order valence-corrected chi connectivity index (χ1v) is 12.8.